The molecule has 1 amide bonds. The zero-order valence-electron chi connectivity index (χ0n) is 28.8. The number of hydrogen-bond acceptors (Lipinski definition) is 8. The van der Waals surface area contributed by atoms with E-state index in [9.17, 15) is 9.90 Å². The molecular weight excluding hydrogens is 673 g/mol. The van der Waals surface area contributed by atoms with Crippen molar-refractivity contribution in [2.75, 3.05) is 27.3 Å². The number of aliphatic hydroxyl groups is 1. The maximum Gasteiger partial charge on any atom is 0.219 e. The van der Waals surface area contributed by atoms with Crippen molar-refractivity contribution in [3.8, 4) is 45.3 Å². The van der Waals surface area contributed by atoms with Gasteiger partial charge in [0.05, 0.1) is 41.8 Å². The van der Waals surface area contributed by atoms with Gasteiger partial charge in [-0.15, -0.1) is 0 Å². The largest absolute Gasteiger partial charge is 0.496 e. The van der Waals surface area contributed by atoms with E-state index in [0.717, 1.165) is 90.7 Å². The predicted molar refractivity (Wildman–Crippen MR) is 199 cm³/mol. The number of nitrogens with zero attached hydrogens (tertiary/aromatic N) is 3. The van der Waals surface area contributed by atoms with Crippen molar-refractivity contribution in [3.05, 3.63) is 82.0 Å². The number of hydrogen-bond donors (Lipinski definition) is 3. The zero-order valence-corrected chi connectivity index (χ0v) is 30.4. The Kier molecular flexibility index (Phi) is 11.9. The van der Waals surface area contributed by atoms with Crippen LogP contribution in [-0.4, -0.2) is 71.4 Å². The SMILES string of the molecule is COc1cc(-c2nccc(-c3cccc(-c4ccc(CNC5CCN(C(C)=O)CC5)c(OC)n4)c3Cl)c2Cl)ccc1CNC1CCC(O)CC1. The molecule has 0 bridgehead atoms. The summed E-state index contributed by atoms with van der Waals surface area (Å²) in [7, 11) is 3.29. The van der Waals surface area contributed by atoms with Crippen molar-refractivity contribution in [1.82, 2.24) is 25.5 Å². The highest BCUT2D eigenvalue weighted by Crippen LogP contribution is 2.42. The highest BCUT2D eigenvalue weighted by atomic mass is 35.5. The first-order valence-electron chi connectivity index (χ1n) is 17.3. The number of pyridine rings is 2. The van der Waals surface area contributed by atoms with Gasteiger partial charge in [0.15, 0.2) is 0 Å². The second-order valence-electron chi connectivity index (χ2n) is 13.1. The van der Waals surface area contributed by atoms with E-state index in [-0.39, 0.29) is 12.0 Å². The minimum absolute atomic E-state index is 0.131. The summed E-state index contributed by atoms with van der Waals surface area (Å²) in [4.78, 5) is 23.1. The van der Waals surface area contributed by atoms with Crippen LogP contribution in [0.5, 0.6) is 11.6 Å². The van der Waals surface area contributed by atoms with E-state index in [1.54, 1.807) is 27.3 Å². The number of piperidine rings is 1. The molecule has 1 saturated carbocycles. The van der Waals surface area contributed by atoms with Crippen LogP contribution in [0.3, 0.4) is 0 Å². The maximum atomic E-state index is 11.7. The van der Waals surface area contributed by atoms with Gasteiger partial charge in [0.1, 0.15) is 5.75 Å². The molecule has 1 aliphatic heterocycles. The second-order valence-corrected chi connectivity index (χ2v) is 13.9. The van der Waals surface area contributed by atoms with Crippen molar-refractivity contribution < 1.29 is 19.4 Å². The number of benzene rings is 2. The number of likely N-dealkylation sites (tertiary alicyclic amines) is 1. The first-order chi connectivity index (χ1) is 24.2. The van der Waals surface area contributed by atoms with Gasteiger partial charge in [0.2, 0.25) is 11.8 Å². The van der Waals surface area contributed by atoms with Crippen molar-refractivity contribution in [2.45, 2.75) is 76.7 Å². The van der Waals surface area contributed by atoms with Gasteiger partial charge in [-0.1, -0.05) is 59.6 Å². The molecule has 0 atom stereocenters. The lowest BCUT2D eigenvalue weighted by Crippen LogP contribution is -2.44. The average Bonchev–Trinajstić information content (AvgIpc) is 3.14. The van der Waals surface area contributed by atoms with E-state index < -0.39 is 0 Å². The molecule has 0 radical (unpaired) electrons. The van der Waals surface area contributed by atoms with Crippen LogP contribution in [0.15, 0.2) is 60.8 Å². The maximum absolute atomic E-state index is 11.7. The monoisotopic (exact) mass is 717 g/mol. The standard InChI is InChI=1S/C39H45Cl2N5O4/c1-24(47)46-19-16-29(17-20-46)44-23-27-9-14-34(45-39(27)50-3)33-6-4-5-31(36(33)40)32-15-18-42-38(37(32)41)25-7-8-26(35(21-25)49-2)22-43-28-10-12-30(48)13-11-28/h4-9,14-15,18,21,28-30,43-44,48H,10-13,16-17,19-20,22-23H2,1-3H3. The van der Waals surface area contributed by atoms with Gasteiger partial charge in [-0.05, 0) is 56.7 Å². The Balaban J connectivity index is 1.20. The number of carbonyl (C=O) groups excluding carboxylic acids is 1. The minimum Gasteiger partial charge on any atom is -0.496 e. The van der Waals surface area contributed by atoms with E-state index in [1.807, 2.05) is 59.5 Å². The summed E-state index contributed by atoms with van der Waals surface area (Å²) in [5, 5.41) is 18.1. The number of amides is 1. The van der Waals surface area contributed by atoms with Crippen molar-refractivity contribution >= 4 is 29.1 Å². The minimum atomic E-state index is -0.179. The Hall–Kier alpha value is -3.73. The van der Waals surface area contributed by atoms with E-state index in [2.05, 4.69) is 15.6 Å². The van der Waals surface area contributed by atoms with E-state index >= 15 is 0 Å². The third-order valence-electron chi connectivity index (χ3n) is 9.95. The molecule has 264 valence electrons. The normalized spacial score (nSPS) is 18.2. The molecule has 6 rings (SSSR count). The topological polar surface area (TPSA) is 109 Å². The Labute approximate surface area is 304 Å². The summed E-state index contributed by atoms with van der Waals surface area (Å²) in [6.07, 6.45) is 7.00. The first kappa shape index (κ1) is 36.1. The highest BCUT2D eigenvalue weighted by molar-refractivity contribution is 6.39. The van der Waals surface area contributed by atoms with Gasteiger partial charge in [0, 0.05) is 84.8 Å². The van der Waals surface area contributed by atoms with Crippen LogP contribution in [0.1, 0.15) is 56.6 Å². The Bertz CT molecular complexity index is 1810. The molecule has 1 saturated heterocycles. The predicted octanol–water partition coefficient (Wildman–Crippen LogP) is 7.30. The fourth-order valence-electron chi connectivity index (χ4n) is 6.95. The molecule has 0 unspecified atom stereocenters. The second kappa shape index (κ2) is 16.5. The van der Waals surface area contributed by atoms with Crippen LogP contribution in [0.25, 0.3) is 33.6 Å². The van der Waals surface area contributed by atoms with E-state index in [4.69, 9.17) is 37.7 Å². The average molecular weight is 719 g/mol. The molecule has 2 aliphatic rings. The van der Waals surface area contributed by atoms with Crippen LogP contribution in [0.4, 0.5) is 0 Å². The fourth-order valence-corrected chi connectivity index (χ4v) is 7.59. The van der Waals surface area contributed by atoms with Crippen molar-refractivity contribution in [3.63, 3.8) is 0 Å². The van der Waals surface area contributed by atoms with Crippen LogP contribution in [-0.2, 0) is 17.9 Å². The molecule has 2 fully saturated rings. The number of ether oxygens (including phenoxy) is 2. The molecule has 3 N–H and O–H groups in total. The number of rotatable bonds is 11. The summed E-state index contributed by atoms with van der Waals surface area (Å²) in [5.41, 5.74) is 6.45. The Morgan fingerprint density at radius 3 is 2.20 bits per heavy atom. The number of carbonyl (C=O) groups is 1. The summed E-state index contributed by atoms with van der Waals surface area (Å²) in [6.45, 7) is 4.44. The number of aromatic nitrogens is 2. The van der Waals surface area contributed by atoms with Crippen LogP contribution in [0, 0.1) is 0 Å². The summed E-state index contributed by atoms with van der Waals surface area (Å²) < 4.78 is 11.5. The fraction of sp³-hybridized carbons (Fsp3) is 0.410. The van der Waals surface area contributed by atoms with Gasteiger partial charge < -0.3 is 30.1 Å². The smallest absolute Gasteiger partial charge is 0.219 e. The Morgan fingerprint density at radius 1 is 0.840 bits per heavy atom. The lowest BCUT2D eigenvalue weighted by molar-refractivity contribution is -0.129. The Morgan fingerprint density at radius 2 is 1.50 bits per heavy atom. The number of methoxy groups -OCH3 is 2. The van der Waals surface area contributed by atoms with Gasteiger partial charge >= 0.3 is 0 Å². The van der Waals surface area contributed by atoms with Crippen molar-refractivity contribution in [2.24, 2.45) is 0 Å². The van der Waals surface area contributed by atoms with Gasteiger partial charge in [-0.25, -0.2) is 4.98 Å². The summed E-state index contributed by atoms with van der Waals surface area (Å²) >= 11 is 14.2. The molecule has 2 aromatic heterocycles. The molecule has 50 heavy (non-hydrogen) atoms. The number of halogens is 2. The third-order valence-corrected chi connectivity index (χ3v) is 10.7. The molecule has 2 aromatic carbocycles. The summed E-state index contributed by atoms with van der Waals surface area (Å²) in [5.74, 6) is 1.42. The lowest BCUT2D eigenvalue weighted by Gasteiger charge is -2.31. The van der Waals surface area contributed by atoms with Crippen molar-refractivity contribution in [1.29, 1.82) is 0 Å². The molecule has 4 aromatic rings. The third kappa shape index (κ3) is 8.24. The molecule has 9 nitrogen and oxygen atoms in total. The number of aliphatic hydroxyl groups excluding tert-OH is 1. The van der Waals surface area contributed by atoms with Gasteiger partial charge in [-0.2, -0.15) is 0 Å². The van der Waals surface area contributed by atoms with E-state index in [0.29, 0.717) is 52.5 Å². The van der Waals surface area contributed by atoms with Crippen LogP contribution >= 0.6 is 23.2 Å². The van der Waals surface area contributed by atoms with Crippen LogP contribution < -0.4 is 20.1 Å². The first-order valence-corrected chi connectivity index (χ1v) is 18.1. The zero-order chi connectivity index (χ0) is 35.2. The molecule has 11 heteroatoms. The highest BCUT2D eigenvalue weighted by Gasteiger charge is 2.23. The lowest BCUT2D eigenvalue weighted by atomic mass is 9.93. The quantitative estimate of drug-likeness (QED) is 0.148. The molecule has 3 heterocycles. The van der Waals surface area contributed by atoms with Gasteiger partial charge in [0.25, 0.3) is 0 Å². The van der Waals surface area contributed by atoms with Gasteiger partial charge in [-0.3, -0.25) is 9.78 Å². The van der Waals surface area contributed by atoms with Crippen LogP contribution in [0.2, 0.25) is 10.0 Å². The molecule has 1 aliphatic carbocycles. The molecule has 0 spiro atoms. The molecular formula is C39H45Cl2N5O4. The number of nitrogens with one attached hydrogen (secondary N) is 2. The van der Waals surface area contributed by atoms with E-state index in [1.165, 1.54) is 0 Å². The summed E-state index contributed by atoms with van der Waals surface area (Å²) in [6, 6.07) is 18.4.